The van der Waals surface area contributed by atoms with Crippen LogP contribution in [0.15, 0.2) is 53.4 Å². The molecular weight excluding hydrogens is 620 g/mol. The van der Waals surface area contributed by atoms with E-state index < -0.39 is 39.5 Å². The smallest absolute Gasteiger partial charge is 0.243 e. The Kier molecular flexibility index (Phi) is 12.7. The van der Waals surface area contributed by atoms with Gasteiger partial charge in [-0.1, -0.05) is 65.0 Å². The predicted octanol–water partition coefficient (Wildman–Crippen LogP) is 2.86. The lowest BCUT2D eigenvalue weighted by Crippen LogP contribution is -2.59. The number of ether oxygens (including phenoxy) is 2. The van der Waals surface area contributed by atoms with Crippen molar-refractivity contribution in [1.82, 2.24) is 20.3 Å². The summed E-state index contributed by atoms with van der Waals surface area (Å²) < 4.78 is 39.7. The average Bonchev–Trinajstić information content (AvgIpc) is 3.67. The lowest BCUT2D eigenvalue weighted by Gasteiger charge is -2.34. The van der Waals surface area contributed by atoms with Crippen LogP contribution in [0.2, 0.25) is 0 Å². The highest BCUT2D eigenvalue weighted by Crippen LogP contribution is 2.35. The molecule has 1 heterocycles. The molecule has 11 nitrogen and oxygen atoms in total. The van der Waals surface area contributed by atoms with E-state index in [-0.39, 0.29) is 62.0 Å². The van der Waals surface area contributed by atoms with Crippen LogP contribution in [0.3, 0.4) is 0 Å². The molecule has 0 bridgehead atoms. The third kappa shape index (κ3) is 10.3. The highest BCUT2D eigenvalue weighted by Gasteiger charge is 2.37. The number of nitrogens with one attached hydrogen (secondary N) is 3. The number of amides is 2. The van der Waals surface area contributed by atoms with Crippen LogP contribution >= 0.6 is 12.4 Å². The number of aliphatic hydroxyl groups excluding tert-OH is 1. The average molecular weight is 667 g/mol. The van der Waals surface area contributed by atoms with E-state index in [4.69, 9.17) is 9.47 Å². The van der Waals surface area contributed by atoms with Crippen molar-refractivity contribution < 1.29 is 32.6 Å². The number of benzene rings is 2. The molecule has 1 aliphatic heterocycles. The fourth-order valence-corrected chi connectivity index (χ4v) is 6.67. The molecule has 0 saturated heterocycles. The van der Waals surface area contributed by atoms with Crippen LogP contribution in [0.4, 0.5) is 0 Å². The minimum atomic E-state index is -4.05. The highest BCUT2D eigenvalue weighted by atomic mass is 35.5. The van der Waals surface area contributed by atoms with Gasteiger partial charge in [-0.15, -0.1) is 12.4 Å². The summed E-state index contributed by atoms with van der Waals surface area (Å²) in [4.78, 5) is 26.5. The van der Waals surface area contributed by atoms with Crippen molar-refractivity contribution in [1.29, 1.82) is 0 Å². The lowest BCUT2D eigenvalue weighted by atomic mass is 9.85. The number of hydrogen-bond acceptors (Lipinski definition) is 8. The van der Waals surface area contributed by atoms with Crippen molar-refractivity contribution >= 4 is 34.2 Å². The van der Waals surface area contributed by atoms with E-state index in [9.17, 15) is 23.1 Å². The minimum Gasteiger partial charge on any atom is -0.454 e. The Labute approximate surface area is 272 Å². The normalized spacial score (nSPS) is 16.5. The van der Waals surface area contributed by atoms with Crippen molar-refractivity contribution in [3.05, 3.63) is 54.1 Å². The largest absolute Gasteiger partial charge is 0.454 e. The molecule has 4 N–H and O–H groups in total. The highest BCUT2D eigenvalue weighted by molar-refractivity contribution is 7.89. The monoisotopic (exact) mass is 666 g/mol. The lowest BCUT2D eigenvalue weighted by molar-refractivity contribution is -0.132. The molecule has 1 saturated carbocycles. The number of carbonyl (C=O) groups excluding carboxylic acids is 2. The van der Waals surface area contributed by atoms with E-state index in [0.717, 1.165) is 18.4 Å². The van der Waals surface area contributed by atoms with E-state index in [1.54, 1.807) is 6.07 Å². The zero-order valence-corrected chi connectivity index (χ0v) is 28.2. The van der Waals surface area contributed by atoms with Gasteiger partial charge < -0.3 is 30.5 Å². The summed E-state index contributed by atoms with van der Waals surface area (Å²) in [5, 5.41) is 20.6. The Morgan fingerprint density at radius 3 is 2.29 bits per heavy atom. The first-order valence-corrected chi connectivity index (χ1v) is 16.6. The summed E-state index contributed by atoms with van der Waals surface area (Å²) in [6.45, 7) is 9.38. The summed E-state index contributed by atoms with van der Waals surface area (Å²) in [5.74, 6) is 0.0241. The van der Waals surface area contributed by atoms with Gasteiger partial charge in [-0.05, 0) is 48.3 Å². The number of sulfonamides is 1. The van der Waals surface area contributed by atoms with Crippen LogP contribution < -0.4 is 25.4 Å². The number of nitrogens with zero attached hydrogens (tertiary/aromatic N) is 1. The second kappa shape index (κ2) is 15.6. The quantitative estimate of drug-likeness (QED) is 0.227. The van der Waals surface area contributed by atoms with Gasteiger partial charge in [0.05, 0.1) is 23.6 Å². The predicted molar refractivity (Wildman–Crippen MR) is 174 cm³/mol. The van der Waals surface area contributed by atoms with Gasteiger partial charge in [-0.3, -0.25) is 9.59 Å². The third-order valence-corrected chi connectivity index (χ3v) is 9.42. The molecule has 2 aliphatic rings. The van der Waals surface area contributed by atoms with E-state index in [1.165, 1.54) is 16.4 Å². The van der Waals surface area contributed by atoms with Crippen LogP contribution in [0.1, 0.15) is 53.0 Å². The maximum absolute atomic E-state index is 13.9. The fraction of sp³-hybridized carbons (Fsp3) is 0.562. The molecule has 1 aliphatic carbocycles. The van der Waals surface area contributed by atoms with Crippen molar-refractivity contribution in [2.24, 2.45) is 11.3 Å². The van der Waals surface area contributed by atoms with Crippen LogP contribution in [0.25, 0.3) is 0 Å². The molecular formula is C32H47ClN4O7S. The summed E-state index contributed by atoms with van der Waals surface area (Å²) in [7, 11) is -4.05. The molecule has 2 aromatic carbocycles. The van der Waals surface area contributed by atoms with E-state index in [0.29, 0.717) is 17.5 Å². The van der Waals surface area contributed by atoms with Gasteiger partial charge in [0.15, 0.2) is 11.5 Å². The van der Waals surface area contributed by atoms with Gasteiger partial charge in [-0.25, -0.2) is 8.42 Å². The fourth-order valence-electron chi connectivity index (χ4n) is 5.03. The first-order valence-electron chi connectivity index (χ1n) is 15.2. The van der Waals surface area contributed by atoms with E-state index >= 15 is 0 Å². The van der Waals surface area contributed by atoms with Crippen molar-refractivity contribution in [2.75, 3.05) is 26.4 Å². The number of fused-ring (bicyclic) bond motifs is 1. The Bertz CT molecular complexity index is 1400. The number of carbonyl (C=O) groups is 2. The van der Waals surface area contributed by atoms with Crippen molar-refractivity contribution in [3.63, 3.8) is 0 Å². The van der Waals surface area contributed by atoms with Crippen LogP contribution in [-0.4, -0.2) is 80.3 Å². The molecule has 0 unspecified atom stereocenters. The summed E-state index contributed by atoms with van der Waals surface area (Å²) >= 11 is 0. The molecule has 2 aromatic rings. The SMILES string of the molecule is CC(C)CN(C[C@@H](O)[C@H](Cc1ccccc1)NC(=O)[C@@H](NC(=O)CNC1CC1)C(C)(C)C)S(=O)(=O)c1ccc2c(c1)OCO2.Cl. The first-order chi connectivity index (χ1) is 20.7. The van der Waals surface area contributed by atoms with E-state index in [1.807, 2.05) is 65.0 Å². The molecule has 13 heteroatoms. The van der Waals surface area contributed by atoms with Gasteiger partial charge in [0, 0.05) is 25.2 Å². The third-order valence-electron chi connectivity index (χ3n) is 7.59. The molecule has 0 spiro atoms. The van der Waals surface area contributed by atoms with Crippen LogP contribution in [0.5, 0.6) is 11.5 Å². The number of halogens is 1. The maximum atomic E-state index is 13.9. The number of hydrogen-bond donors (Lipinski definition) is 4. The summed E-state index contributed by atoms with van der Waals surface area (Å²) in [6, 6.07) is 12.4. The Hall–Kier alpha value is -2.90. The van der Waals surface area contributed by atoms with Crippen LogP contribution in [-0.2, 0) is 26.0 Å². The molecule has 3 atom stereocenters. The molecule has 4 rings (SSSR count). The number of rotatable bonds is 15. The molecule has 250 valence electrons. The topological polar surface area (TPSA) is 146 Å². The zero-order chi connectivity index (χ0) is 32.1. The summed E-state index contributed by atoms with van der Waals surface area (Å²) in [6.07, 6.45) is 1.05. The maximum Gasteiger partial charge on any atom is 0.243 e. The van der Waals surface area contributed by atoms with Gasteiger partial charge in [-0.2, -0.15) is 4.31 Å². The Balaban J connectivity index is 0.00000552. The number of aliphatic hydroxyl groups is 1. The molecule has 45 heavy (non-hydrogen) atoms. The van der Waals surface area contributed by atoms with Crippen LogP contribution in [0, 0.1) is 11.3 Å². The minimum absolute atomic E-state index is 0. The van der Waals surface area contributed by atoms with Gasteiger partial charge in [0.25, 0.3) is 0 Å². The molecule has 1 fully saturated rings. The van der Waals surface area contributed by atoms with Gasteiger partial charge >= 0.3 is 0 Å². The Morgan fingerprint density at radius 1 is 1.00 bits per heavy atom. The summed E-state index contributed by atoms with van der Waals surface area (Å²) in [5.41, 5.74) is 0.226. The second-order valence-corrected chi connectivity index (χ2v) is 15.1. The Morgan fingerprint density at radius 2 is 1.67 bits per heavy atom. The molecule has 2 amide bonds. The zero-order valence-electron chi connectivity index (χ0n) is 26.6. The van der Waals surface area contributed by atoms with Gasteiger partial charge in [0.1, 0.15) is 6.04 Å². The molecule has 0 radical (unpaired) electrons. The second-order valence-electron chi connectivity index (χ2n) is 13.1. The van der Waals surface area contributed by atoms with Crippen molar-refractivity contribution in [2.45, 2.75) is 83.0 Å². The standard InChI is InChI=1S/C32H46N4O7S.ClH/c1-21(2)18-36(44(40,41)24-13-14-27-28(16-24)43-20-42-27)19-26(37)25(15-22-9-7-6-8-10-22)34-31(39)30(32(3,4)5)35-29(38)17-33-23-11-12-23;/h6-10,13-14,16,21,23,25-26,30,33,37H,11-12,15,17-20H2,1-5H3,(H,34,39)(H,35,38);1H/t25-,26+,30+;/m0./s1. The molecule has 0 aromatic heterocycles. The first kappa shape index (κ1) is 36.6. The van der Waals surface area contributed by atoms with Gasteiger partial charge in [0.2, 0.25) is 28.6 Å². The van der Waals surface area contributed by atoms with Crippen molar-refractivity contribution in [3.8, 4) is 11.5 Å². The van der Waals surface area contributed by atoms with E-state index in [2.05, 4.69) is 16.0 Å².